The second kappa shape index (κ2) is 13.9. The number of benzene rings is 7. The van der Waals surface area contributed by atoms with Crippen LogP contribution in [0.3, 0.4) is 0 Å². The van der Waals surface area contributed by atoms with Crippen molar-refractivity contribution in [1.82, 2.24) is 19.2 Å². The van der Waals surface area contributed by atoms with E-state index in [2.05, 4.69) is 101 Å². The van der Waals surface area contributed by atoms with Gasteiger partial charge in [-0.3, -0.25) is 4.57 Å². The van der Waals surface area contributed by atoms with Gasteiger partial charge in [0.25, 0.3) is 0 Å². The molecule has 264 valence electrons. The molecule has 7 nitrogen and oxygen atoms in total. The van der Waals surface area contributed by atoms with Gasteiger partial charge in [-0.15, -0.1) is 5.10 Å². The molecule has 0 saturated carbocycles. The summed E-state index contributed by atoms with van der Waals surface area (Å²) in [5, 5.41) is 9.71. The second-order valence-corrected chi connectivity index (χ2v) is 13.5. The number of aliphatic imine (C=N–C) groups is 2. The molecule has 56 heavy (non-hydrogen) atoms. The Morgan fingerprint density at radius 1 is 0.446 bits per heavy atom. The molecule has 3 heterocycles. The van der Waals surface area contributed by atoms with Crippen molar-refractivity contribution >= 4 is 62.0 Å². The standard InChI is InChI=1S/C49H33N7/c1-50-47(35-22-10-4-11-23-35)53-48(36-24-12-5-13-25-36)54-56-44-29-17-15-27-38(44)40-31-30-39-37-26-14-16-28-43(37)55(45(39)46(40)56)49-51-41(33-18-6-2-7-19-33)32-42(52-49)34-20-8-3-9-21-34/h2-32H,1H2/b53-47?,54-48-. The van der Waals surface area contributed by atoms with E-state index in [4.69, 9.17) is 20.1 Å². The van der Waals surface area contributed by atoms with Crippen LogP contribution in [0, 0.1) is 0 Å². The van der Waals surface area contributed by atoms with Crippen molar-refractivity contribution in [3.8, 4) is 28.5 Å². The minimum atomic E-state index is 0.479. The first-order valence-corrected chi connectivity index (χ1v) is 18.5. The predicted octanol–water partition coefficient (Wildman–Crippen LogP) is 11.4. The average Bonchev–Trinajstić information content (AvgIpc) is 3.78. The van der Waals surface area contributed by atoms with Crippen molar-refractivity contribution in [3.63, 3.8) is 0 Å². The van der Waals surface area contributed by atoms with Gasteiger partial charge in [0.2, 0.25) is 5.95 Å². The first kappa shape index (κ1) is 32.8. The van der Waals surface area contributed by atoms with E-state index in [1.165, 1.54) is 0 Å². The molecular weight excluding hydrogens is 687 g/mol. The summed E-state index contributed by atoms with van der Waals surface area (Å²) in [6.45, 7) is 3.89. The highest BCUT2D eigenvalue weighted by Gasteiger charge is 2.23. The van der Waals surface area contributed by atoms with Gasteiger partial charge in [0.15, 0.2) is 11.7 Å². The second-order valence-electron chi connectivity index (χ2n) is 13.5. The number of aromatic nitrogens is 4. The molecule has 7 aromatic carbocycles. The molecule has 0 spiro atoms. The fraction of sp³-hybridized carbons (Fsp3) is 0. The van der Waals surface area contributed by atoms with Gasteiger partial charge in [0.05, 0.1) is 33.5 Å². The molecule has 0 unspecified atom stereocenters. The Morgan fingerprint density at radius 2 is 0.911 bits per heavy atom. The monoisotopic (exact) mass is 719 g/mol. The Balaban J connectivity index is 1.34. The molecule has 7 heteroatoms. The lowest BCUT2D eigenvalue weighted by atomic mass is 10.1. The number of hydrogen-bond donors (Lipinski definition) is 0. The van der Waals surface area contributed by atoms with E-state index >= 15 is 0 Å². The van der Waals surface area contributed by atoms with E-state index in [1.54, 1.807) is 0 Å². The Morgan fingerprint density at radius 3 is 1.48 bits per heavy atom. The zero-order chi connectivity index (χ0) is 37.4. The lowest BCUT2D eigenvalue weighted by molar-refractivity contribution is 0.953. The van der Waals surface area contributed by atoms with Crippen LogP contribution in [0.25, 0.3) is 72.1 Å². The third-order valence-electron chi connectivity index (χ3n) is 10.1. The molecule has 0 atom stereocenters. The number of rotatable bonds is 6. The molecule has 0 N–H and O–H groups in total. The van der Waals surface area contributed by atoms with E-state index in [0.29, 0.717) is 17.6 Å². The van der Waals surface area contributed by atoms with Gasteiger partial charge < -0.3 is 0 Å². The third kappa shape index (κ3) is 5.66. The highest BCUT2D eigenvalue weighted by atomic mass is 15.4. The molecule has 0 aliphatic rings. The maximum Gasteiger partial charge on any atom is 0.235 e. The Kier molecular flexibility index (Phi) is 8.15. The van der Waals surface area contributed by atoms with Crippen molar-refractivity contribution < 1.29 is 0 Å². The topological polar surface area (TPSA) is 72.7 Å². The summed E-state index contributed by atoms with van der Waals surface area (Å²) in [7, 11) is 0. The Hall–Kier alpha value is -7.77. The quantitative estimate of drug-likeness (QED) is 0.127. The third-order valence-corrected chi connectivity index (χ3v) is 10.1. The van der Waals surface area contributed by atoms with Gasteiger partial charge in [-0.2, -0.15) is 0 Å². The zero-order valence-electron chi connectivity index (χ0n) is 30.2. The van der Waals surface area contributed by atoms with Gasteiger partial charge in [0.1, 0.15) is 0 Å². The van der Waals surface area contributed by atoms with Crippen molar-refractivity contribution in [2.45, 2.75) is 0 Å². The van der Waals surface area contributed by atoms with Crippen LogP contribution in [0.1, 0.15) is 11.1 Å². The molecule has 0 aliphatic heterocycles. The highest BCUT2D eigenvalue weighted by molar-refractivity contribution is 6.23. The summed E-state index contributed by atoms with van der Waals surface area (Å²) in [6.07, 6.45) is 0. The molecule has 10 rings (SSSR count). The lowest BCUT2D eigenvalue weighted by Crippen LogP contribution is -2.08. The number of nitrogens with zero attached hydrogens (tertiary/aromatic N) is 7. The van der Waals surface area contributed by atoms with Gasteiger partial charge in [0, 0.05) is 43.8 Å². The minimum absolute atomic E-state index is 0.479. The average molecular weight is 720 g/mol. The van der Waals surface area contributed by atoms with Crippen molar-refractivity contribution in [3.05, 3.63) is 199 Å². The first-order chi connectivity index (χ1) is 27.7. The van der Waals surface area contributed by atoms with E-state index in [1.807, 2.05) is 108 Å². The molecular formula is C49H33N7. The Bertz CT molecular complexity index is 3070. The smallest absolute Gasteiger partial charge is 0.235 e. The van der Waals surface area contributed by atoms with Gasteiger partial charge >= 0.3 is 0 Å². The van der Waals surface area contributed by atoms with E-state index in [0.717, 1.165) is 77.3 Å². The van der Waals surface area contributed by atoms with Gasteiger partial charge in [-0.1, -0.05) is 170 Å². The van der Waals surface area contributed by atoms with Crippen molar-refractivity contribution in [2.24, 2.45) is 15.1 Å². The maximum absolute atomic E-state index is 5.45. The Labute approximate surface area is 322 Å². The van der Waals surface area contributed by atoms with Crippen molar-refractivity contribution in [1.29, 1.82) is 0 Å². The molecule has 0 bridgehead atoms. The fourth-order valence-electron chi connectivity index (χ4n) is 7.54. The summed E-state index contributed by atoms with van der Waals surface area (Å²) in [4.78, 5) is 20.1. The van der Waals surface area contributed by atoms with Crippen LogP contribution in [0.15, 0.2) is 203 Å². The fourth-order valence-corrected chi connectivity index (χ4v) is 7.54. The van der Waals surface area contributed by atoms with E-state index < -0.39 is 0 Å². The largest absolute Gasteiger partial charge is 0.276 e. The molecule has 0 amide bonds. The SMILES string of the molecule is C=NC(=N/C(=N\n1c2ccccc2c2ccc3c4ccccc4n(-c4nc(-c5ccccc5)cc(-c5ccccc5)n4)c3c21)c1ccccc1)c1ccccc1. The predicted molar refractivity (Wildman–Crippen MR) is 231 cm³/mol. The first-order valence-electron chi connectivity index (χ1n) is 18.5. The van der Waals surface area contributed by atoms with E-state index in [-0.39, 0.29) is 0 Å². The highest BCUT2D eigenvalue weighted by Crippen LogP contribution is 2.40. The summed E-state index contributed by atoms with van der Waals surface area (Å²) >= 11 is 0. The van der Waals surface area contributed by atoms with Gasteiger partial charge in [-0.25, -0.2) is 24.6 Å². The lowest BCUT2D eigenvalue weighted by Gasteiger charge is -2.13. The van der Waals surface area contributed by atoms with Gasteiger partial charge in [-0.05, 0) is 24.9 Å². The number of para-hydroxylation sites is 2. The molecule has 0 saturated heterocycles. The van der Waals surface area contributed by atoms with Crippen LogP contribution in [0.5, 0.6) is 0 Å². The van der Waals surface area contributed by atoms with Crippen LogP contribution >= 0.6 is 0 Å². The van der Waals surface area contributed by atoms with Crippen LogP contribution in [0.4, 0.5) is 0 Å². The van der Waals surface area contributed by atoms with Crippen molar-refractivity contribution in [2.75, 3.05) is 0 Å². The molecule has 0 aliphatic carbocycles. The number of fused-ring (bicyclic) bond motifs is 7. The molecule has 0 radical (unpaired) electrons. The minimum Gasteiger partial charge on any atom is -0.276 e. The number of amidine groups is 2. The molecule has 3 aromatic heterocycles. The van der Waals surface area contributed by atoms with E-state index in [9.17, 15) is 0 Å². The van der Waals surface area contributed by atoms with Crippen LogP contribution in [0.2, 0.25) is 0 Å². The summed E-state index contributed by atoms with van der Waals surface area (Å²) in [5.41, 5.74) is 9.14. The van der Waals surface area contributed by atoms with Crippen LogP contribution < -0.4 is 0 Å². The van der Waals surface area contributed by atoms with Crippen LogP contribution in [-0.4, -0.2) is 37.6 Å². The molecule has 0 fully saturated rings. The maximum atomic E-state index is 5.45. The van der Waals surface area contributed by atoms with Crippen LogP contribution in [-0.2, 0) is 0 Å². The molecule has 10 aromatic rings. The zero-order valence-corrected chi connectivity index (χ0v) is 30.2. The summed E-state index contributed by atoms with van der Waals surface area (Å²) in [5.74, 6) is 1.54. The summed E-state index contributed by atoms with van der Waals surface area (Å²) in [6, 6.07) is 63.7. The summed E-state index contributed by atoms with van der Waals surface area (Å²) < 4.78 is 4.22. The number of hydrogen-bond acceptors (Lipinski definition) is 3. The normalized spacial score (nSPS) is 12.2.